The molecule has 0 aromatic heterocycles. The van der Waals surface area contributed by atoms with Crippen LogP contribution in [0.2, 0.25) is 0 Å². The van der Waals surface area contributed by atoms with Gasteiger partial charge in [-0.25, -0.2) is 0 Å². The highest BCUT2D eigenvalue weighted by Crippen LogP contribution is 2.36. The quantitative estimate of drug-likeness (QED) is 0.113. The van der Waals surface area contributed by atoms with Crippen molar-refractivity contribution >= 4 is 46.2 Å². The predicted molar refractivity (Wildman–Crippen MR) is 344 cm³/mol. The summed E-state index contributed by atoms with van der Waals surface area (Å²) in [6.07, 6.45) is 0. The summed E-state index contributed by atoms with van der Waals surface area (Å²) in [7, 11) is 0. The molecule has 0 saturated carbocycles. The second kappa shape index (κ2) is 21.6. The van der Waals surface area contributed by atoms with Crippen molar-refractivity contribution < 1.29 is 0 Å². The highest BCUT2D eigenvalue weighted by molar-refractivity contribution is 6.97. The number of rotatable bonds is 11. The molecule has 0 fully saturated rings. The maximum absolute atomic E-state index is 2.43. The van der Waals surface area contributed by atoms with Gasteiger partial charge in [0, 0.05) is 0 Å². The SMILES string of the molecule is Cc1c(C)c(-c2ccccc2)c(C)c(C)c1B(c1ccc(-c2ccc(B(c3c(C)c(C)c(-c4ccccc4)c(C)c3C)c3c(C)c(C)c(-c4ccccc4)c(C)c3C)cc2)cc1)c1c(C)c(C)c(-c2ccccc2)c(C)c1C. The van der Waals surface area contributed by atoms with Crippen LogP contribution < -0.4 is 32.8 Å². The number of benzene rings is 10. The molecule has 0 radical (unpaired) electrons. The van der Waals surface area contributed by atoms with Gasteiger partial charge >= 0.3 is 0 Å². The van der Waals surface area contributed by atoms with E-state index in [1.54, 1.807) is 0 Å². The number of hydrogen-bond donors (Lipinski definition) is 0. The van der Waals surface area contributed by atoms with Crippen molar-refractivity contribution in [3.8, 4) is 55.6 Å². The van der Waals surface area contributed by atoms with E-state index in [0.717, 1.165) is 0 Å². The molecule has 0 aliphatic heterocycles. The van der Waals surface area contributed by atoms with Crippen LogP contribution in [0.5, 0.6) is 0 Å². The Balaban J connectivity index is 1.13. The highest BCUT2D eigenvalue weighted by atomic mass is 14.3. The summed E-state index contributed by atoms with van der Waals surface area (Å²) in [6, 6.07) is 63.2. The van der Waals surface area contributed by atoms with Gasteiger partial charge in [0.05, 0.1) is 0 Å². The highest BCUT2D eigenvalue weighted by Gasteiger charge is 2.35. The van der Waals surface area contributed by atoms with Crippen molar-refractivity contribution in [2.24, 2.45) is 0 Å². The van der Waals surface area contributed by atoms with Crippen LogP contribution in [0.25, 0.3) is 55.6 Å². The Bertz CT molecular complexity index is 3310. The molecule has 2 heteroatoms. The zero-order chi connectivity index (χ0) is 55.4. The monoisotopic (exact) mass is 1010 g/mol. The lowest BCUT2D eigenvalue weighted by Crippen LogP contribution is -2.56. The zero-order valence-corrected chi connectivity index (χ0v) is 49.3. The third-order valence-corrected chi connectivity index (χ3v) is 19.0. The molecule has 386 valence electrons. The first-order chi connectivity index (χ1) is 37.4. The maximum atomic E-state index is 2.43. The fraction of sp³-hybridized carbons (Fsp3) is 0.211. The van der Waals surface area contributed by atoms with Crippen LogP contribution in [0.1, 0.15) is 89.0 Å². The first kappa shape index (κ1) is 53.7. The zero-order valence-electron chi connectivity index (χ0n) is 49.3. The van der Waals surface area contributed by atoms with E-state index in [1.165, 1.54) is 177 Å². The summed E-state index contributed by atoms with van der Waals surface area (Å²) in [5.74, 6) is 0. The van der Waals surface area contributed by atoms with E-state index in [4.69, 9.17) is 0 Å². The van der Waals surface area contributed by atoms with Gasteiger partial charge in [-0.3, -0.25) is 0 Å². The van der Waals surface area contributed by atoms with Gasteiger partial charge in [-0.05, 0) is 211 Å². The molecule has 0 unspecified atom stereocenters. The van der Waals surface area contributed by atoms with Crippen LogP contribution in [-0.4, -0.2) is 13.4 Å². The molecule has 0 bridgehead atoms. The predicted octanol–water partition coefficient (Wildman–Crippen LogP) is 16.0. The van der Waals surface area contributed by atoms with E-state index in [-0.39, 0.29) is 13.4 Å². The Kier molecular flexibility index (Phi) is 14.9. The molecular weight excluding hydrogens is 934 g/mol. The van der Waals surface area contributed by atoms with Gasteiger partial charge in [0.25, 0.3) is 0 Å². The first-order valence-corrected chi connectivity index (χ1v) is 28.3. The molecule has 10 rings (SSSR count). The van der Waals surface area contributed by atoms with E-state index in [2.05, 4.69) is 281 Å². The largest absolute Gasteiger partial charge is 0.242 e. The van der Waals surface area contributed by atoms with Crippen LogP contribution in [0.4, 0.5) is 0 Å². The lowest BCUT2D eigenvalue weighted by molar-refractivity contribution is 1.26. The van der Waals surface area contributed by atoms with Crippen molar-refractivity contribution in [3.05, 3.63) is 259 Å². The van der Waals surface area contributed by atoms with E-state index in [0.29, 0.717) is 0 Å². The molecule has 0 amide bonds. The van der Waals surface area contributed by atoms with E-state index in [9.17, 15) is 0 Å². The molecular formula is C76H76B2. The van der Waals surface area contributed by atoms with Gasteiger partial charge in [0.1, 0.15) is 0 Å². The minimum absolute atomic E-state index is 0.0324. The Morgan fingerprint density at radius 1 is 0.167 bits per heavy atom. The lowest BCUT2D eigenvalue weighted by Gasteiger charge is -2.30. The summed E-state index contributed by atoms with van der Waals surface area (Å²) >= 11 is 0. The fourth-order valence-corrected chi connectivity index (χ4v) is 13.9. The Labute approximate surface area is 468 Å². The van der Waals surface area contributed by atoms with E-state index in [1.807, 2.05) is 0 Å². The standard InChI is InChI=1S/C76H76B2/c1-45-53(9)73(54(10)46(2)69(45)63-29-21-17-22-30-63)77(74-55(11)47(3)70(48(4)56(74)12)64-31-23-18-24-32-64)67-41-37-61(38-42-67)62-39-43-68(44-40-62)78(75-57(13)49(5)71(50(6)58(75)14)65-33-25-19-26-34-65)76-59(15)51(7)72(52(8)60(76)16)66-35-27-20-28-36-66/h17-44H,1-16H3. The van der Waals surface area contributed by atoms with Gasteiger partial charge in [-0.15, -0.1) is 0 Å². The molecule has 0 saturated heterocycles. The van der Waals surface area contributed by atoms with Crippen molar-refractivity contribution in [2.75, 3.05) is 0 Å². The first-order valence-electron chi connectivity index (χ1n) is 28.3. The summed E-state index contributed by atoms with van der Waals surface area (Å²) in [5.41, 5.74) is 43.1. The Hall–Kier alpha value is -7.67. The van der Waals surface area contributed by atoms with E-state index < -0.39 is 0 Å². The van der Waals surface area contributed by atoms with Gasteiger partial charge in [0.15, 0.2) is 0 Å². The third-order valence-electron chi connectivity index (χ3n) is 19.0. The second-order valence-electron chi connectivity index (χ2n) is 22.7. The van der Waals surface area contributed by atoms with Crippen LogP contribution in [0, 0.1) is 111 Å². The molecule has 0 aliphatic rings. The molecule has 0 heterocycles. The molecule has 10 aromatic carbocycles. The molecule has 0 atom stereocenters. The summed E-state index contributed by atoms with van der Waals surface area (Å²) < 4.78 is 0. The number of hydrogen-bond acceptors (Lipinski definition) is 0. The summed E-state index contributed by atoms with van der Waals surface area (Å²) in [6.45, 7) is 37.7. The van der Waals surface area contributed by atoms with Crippen molar-refractivity contribution in [3.63, 3.8) is 0 Å². The molecule has 0 nitrogen and oxygen atoms in total. The topological polar surface area (TPSA) is 0 Å². The fourth-order valence-electron chi connectivity index (χ4n) is 13.9. The van der Waals surface area contributed by atoms with Crippen LogP contribution in [-0.2, 0) is 0 Å². The van der Waals surface area contributed by atoms with Crippen molar-refractivity contribution in [2.45, 2.75) is 111 Å². The Morgan fingerprint density at radius 2 is 0.333 bits per heavy atom. The van der Waals surface area contributed by atoms with Crippen molar-refractivity contribution in [1.82, 2.24) is 0 Å². The minimum Gasteiger partial charge on any atom is -0.0686 e. The Morgan fingerprint density at radius 3 is 0.500 bits per heavy atom. The average molecular weight is 1010 g/mol. The van der Waals surface area contributed by atoms with Gasteiger partial charge < -0.3 is 0 Å². The molecule has 78 heavy (non-hydrogen) atoms. The third kappa shape index (κ3) is 9.12. The summed E-state index contributed by atoms with van der Waals surface area (Å²) in [5, 5.41) is 0. The average Bonchev–Trinajstić information content (AvgIpc) is 3.46. The van der Waals surface area contributed by atoms with Gasteiger partial charge in [0.2, 0.25) is 13.4 Å². The smallest absolute Gasteiger partial charge is 0.0686 e. The van der Waals surface area contributed by atoms with Crippen LogP contribution in [0.15, 0.2) is 170 Å². The van der Waals surface area contributed by atoms with Gasteiger partial charge in [-0.2, -0.15) is 0 Å². The lowest BCUT2D eigenvalue weighted by atomic mass is 9.33. The molecule has 0 N–H and O–H groups in total. The maximum Gasteiger partial charge on any atom is 0.242 e. The van der Waals surface area contributed by atoms with Gasteiger partial charge in [-0.1, -0.05) is 247 Å². The van der Waals surface area contributed by atoms with Crippen LogP contribution >= 0.6 is 0 Å². The second-order valence-corrected chi connectivity index (χ2v) is 22.7. The summed E-state index contributed by atoms with van der Waals surface area (Å²) in [4.78, 5) is 0. The minimum atomic E-state index is 0.0324. The normalized spacial score (nSPS) is 11.3. The van der Waals surface area contributed by atoms with Crippen molar-refractivity contribution in [1.29, 1.82) is 0 Å². The van der Waals surface area contributed by atoms with E-state index >= 15 is 0 Å². The molecule has 0 aliphatic carbocycles. The molecule has 10 aromatic rings. The van der Waals surface area contributed by atoms with Crippen LogP contribution in [0.3, 0.4) is 0 Å². The molecule has 0 spiro atoms.